The van der Waals surface area contributed by atoms with Gasteiger partial charge in [-0.2, -0.15) is 4.99 Å². The van der Waals surface area contributed by atoms with Gasteiger partial charge in [0.05, 0.1) is 0 Å². The number of aliphatic imine (C=N–C) groups is 1. The number of nitrogens with zero attached hydrogens (tertiary/aromatic N) is 2. The first-order chi connectivity index (χ1) is 5.77. The molecule has 5 nitrogen and oxygen atoms in total. The van der Waals surface area contributed by atoms with Crippen molar-refractivity contribution < 1.29 is 4.79 Å². The van der Waals surface area contributed by atoms with Crippen molar-refractivity contribution in [1.29, 1.82) is 0 Å². The van der Waals surface area contributed by atoms with Gasteiger partial charge in [-0.3, -0.25) is 0 Å². The van der Waals surface area contributed by atoms with E-state index in [1.165, 1.54) is 11.3 Å². The van der Waals surface area contributed by atoms with Gasteiger partial charge in [0.2, 0.25) is 0 Å². The van der Waals surface area contributed by atoms with E-state index >= 15 is 0 Å². The Labute approximate surface area is 72.3 Å². The molecule has 1 aliphatic heterocycles. The van der Waals surface area contributed by atoms with E-state index in [1.54, 1.807) is 6.20 Å². The normalized spacial score (nSPS) is 22.2. The van der Waals surface area contributed by atoms with E-state index < -0.39 is 6.03 Å². The van der Waals surface area contributed by atoms with Crippen molar-refractivity contribution >= 4 is 23.2 Å². The Balaban J connectivity index is 2.29. The van der Waals surface area contributed by atoms with Gasteiger partial charge in [0, 0.05) is 11.6 Å². The third kappa shape index (κ3) is 1.06. The van der Waals surface area contributed by atoms with Crippen LogP contribution in [0.5, 0.6) is 0 Å². The van der Waals surface area contributed by atoms with Crippen LogP contribution in [0.2, 0.25) is 0 Å². The molecule has 6 heteroatoms. The summed E-state index contributed by atoms with van der Waals surface area (Å²) in [6.07, 6.45) is 1.66. The molecule has 0 bridgehead atoms. The minimum atomic E-state index is -0.396. The van der Waals surface area contributed by atoms with E-state index in [1.807, 2.05) is 5.38 Å². The number of amidine groups is 1. The first-order valence-corrected chi connectivity index (χ1v) is 4.19. The molecule has 1 atom stereocenters. The number of aromatic nitrogens is 1. The van der Waals surface area contributed by atoms with Gasteiger partial charge >= 0.3 is 6.03 Å². The van der Waals surface area contributed by atoms with Gasteiger partial charge in [-0.05, 0) is 0 Å². The van der Waals surface area contributed by atoms with E-state index in [-0.39, 0.29) is 11.9 Å². The molecule has 0 radical (unpaired) electrons. The minimum Gasteiger partial charge on any atom is -0.385 e. The van der Waals surface area contributed by atoms with Crippen molar-refractivity contribution in [2.75, 3.05) is 0 Å². The number of carbonyl (C=O) groups is 1. The summed E-state index contributed by atoms with van der Waals surface area (Å²) in [5, 5.41) is 5.18. The number of nitrogens with two attached hydrogens (primary N) is 1. The van der Waals surface area contributed by atoms with Crippen molar-refractivity contribution in [3.63, 3.8) is 0 Å². The van der Waals surface area contributed by atoms with Crippen LogP contribution in [-0.2, 0) is 0 Å². The van der Waals surface area contributed by atoms with Crippen molar-refractivity contribution in [3.05, 3.63) is 16.6 Å². The number of rotatable bonds is 1. The molecular formula is C6H6N4OS. The summed E-state index contributed by atoms with van der Waals surface area (Å²) in [6, 6.07) is -0.717. The van der Waals surface area contributed by atoms with Crippen LogP contribution < -0.4 is 11.1 Å². The fraction of sp³-hybridized carbons (Fsp3) is 0.167. The highest BCUT2D eigenvalue weighted by molar-refractivity contribution is 7.09. The zero-order chi connectivity index (χ0) is 8.55. The van der Waals surface area contributed by atoms with Gasteiger partial charge in [-0.15, -0.1) is 11.3 Å². The third-order valence-electron chi connectivity index (χ3n) is 1.49. The monoisotopic (exact) mass is 182 g/mol. The van der Waals surface area contributed by atoms with Crippen molar-refractivity contribution in [3.8, 4) is 0 Å². The summed E-state index contributed by atoms with van der Waals surface area (Å²) in [7, 11) is 0. The Hall–Kier alpha value is -1.43. The molecule has 1 aromatic rings. The topological polar surface area (TPSA) is 80.4 Å². The molecule has 12 heavy (non-hydrogen) atoms. The highest BCUT2D eigenvalue weighted by Crippen LogP contribution is 2.18. The predicted octanol–water partition coefficient (Wildman–Crippen LogP) is 0.265. The van der Waals surface area contributed by atoms with Crippen LogP contribution in [0.3, 0.4) is 0 Å². The van der Waals surface area contributed by atoms with Crippen LogP contribution in [0.1, 0.15) is 11.0 Å². The molecule has 3 N–H and O–H groups in total. The van der Waals surface area contributed by atoms with Crippen LogP contribution >= 0.6 is 11.3 Å². The van der Waals surface area contributed by atoms with Crippen LogP contribution in [0.25, 0.3) is 0 Å². The molecule has 0 aliphatic carbocycles. The number of hydrogen-bond donors (Lipinski definition) is 2. The van der Waals surface area contributed by atoms with Gasteiger partial charge < -0.3 is 11.1 Å². The first-order valence-electron chi connectivity index (χ1n) is 3.31. The Bertz CT molecular complexity index is 331. The van der Waals surface area contributed by atoms with E-state index in [4.69, 9.17) is 5.73 Å². The molecule has 0 fully saturated rings. The highest BCUT2D eigenvalue weighted by Gasteiger charge is 2.26. The predicted molar refractivity (Wildman–Crippen MR) is 45.0 cm³/mol. The summed E-state index contributed by atoms with van der Waals surface area (Å²) in [4.78, 5) is 18.3. The van der Waals surface area contributed by atoms with Gasteiger partial charge in [-0.25, -0.2) is 9.78 Å². The quantitative estimate of drug-likeness (QED) is 0.654. The smallest absolute Gasteiger partial charge is 0.343 e. The second kappa shape index (κ2) is 2.56. The van der Waals surface area contributed by atoms with Crippen molar-refractivity contribution in [1.82, 2.24) is 10.3 Å². The summed E-state index contributed by atoms with van der Waals surface area (Å²) in [5.74, 6) is 0.287. The number of thiazole rings is 1. The number of urea groups is 1. The summed E-state index contributed by atoms with van der Waals surface area (Å²) >= 11 is 1.44. The lowest BCUT2D eigenvalue weighted by Gasteiger charge is -2.04. The zero-order valence-corrected chi connectivity index (χ0v) is 6.84. The average molecular weight is 182 g/mol. The number of carbonyl (C=O) groups excluding carboxylic acids is 1. The van der Waals surface area contributed by atoms with Gasteiger partial charge in [0.15, 0.2) is 0 Å². The lowest BCUT2D eigenvalue weighted by Crippen LogP contribution is -2.27. The number of amides is 2. The van der Waals surface area contributed by atoms with Crippen LogP contribution in [0.4, 0.5) is 4.79 Å². The summed E-state index contributed by atoms with van der Waals surface area (Å²) in [6.45, 7) is 0. The molecule has 1 aromatic heterocycles. The van der Waals surface area contributed by atoms with Crippen LogP contribution in [-0.4, -0.2) is 16.9 Å². The second-order valence-electron chi connectivity index (χ2n) is 2.29. The highest BCUT2D eigenvalue weighted by atomic mass is 32.1. The Morgan fingerprint density at radius 3 is 3.00 bits per heavy atom. The minimum absolute atomic E-state index is 0.287. The van der Waals surface area contributed by atoms with E-state index in [9.17, 15) is 4.79 Å². The van der Waals surface area contributed by atoms with Crippen molar-refractivity contribution in [2.45, 2.75) is 6.04 Å². The van der Waals surface area contributed by atoms with Crippen LogP contribution in [0, 0.1) is 0 Å². The molecule has 0 aromatic carbocycles. The second-order valence-corrected chi connectivity index (χ2v) is 3.22. The standard InChI is InChI=1S/C6H6N4OS/c7-4-3(9-6(11)10-4)5-8-1-2-12-5/h1-3H,(H3,7,9,10,11). The zero-order valence-electron chi connectivity index (χ0n) is 6.02. The maximum absolute atomic E-state index is 10.8. The van der Waals surface area contributed by atoms with E-state index in [2.05, 4.69) is 15.3 Å². The Morgan fingerprint density at radius 1 is 1.67 bits per heavy atom. The van der Waals surface area contributed by atoms with Gasteiger partial charge in [-0.1, -0.05) is 0 Å². The maximum Gasteiger partial charge on any atom is 0.343 e. The molecule has 1 aliphatic rings. The van der Waals surface area contributed by atoms with E-state index in [0.29, 0.717) is 0 Å². The average Bonchev–Trinajstić information content (AvgIpc) is 2.58. The third-order valence-corrected chi connectivity index (χ3v) is 2.33. The number of nitrogens with one attached hydrogen (secondary N) is 1. The fourth-order valence-corrected chi connectivity index (χ4v) is 1.68. The number of hydrogen-bond acceptors (Lipinski definition) is 4. The van der Waals surface area contributed by atoms with Crippen LogP contribution in [0.15, 0.2) is 16.6 Å². The fourth-order valence-electron chi connectivity index (χ4n) is 0.977. The molecule has 62 valence electrons. The maximum atomic E-state index is 10.8. The molecule has 0 saturated heterocycles. The molecule has 0 spiro atoms. The molecule has 0 saturated carbocycles. The first kappa shape index (κ1) is 7.23. The Morgan fingerprint density at radius 2 is 2.50 bits per heavy atom. The lowest BCUT2D eigenvalue weighted by atomic mass is 10.3. The lowest BCUT2D eigenvalue weighted by molar-refractivity contribution is 0.250. The van der Waals surface area contributed by atoms with E-state index in [0.717, 1.165) is 5.01 Å². The van der Waals surface area contributed by atoms with Gasteiger partial charge in [0.1, 0.15) is 16.9 Å². The molecule has 2 heterocycles. The van der Waals surface area contributed by atoms with Crippen molar-refractivity contribution in [2.24, 2.45) is 10.7 Å². The van der Waals surface area contributed by atoms with Gasteiger partial charge in [0.25, 0.3) is 0 Å². The SMILES string of the molecule is NC1=NC(=O)NC1c1nccs1. The summed E-state index contributed by atoms with van der Waals surface area (Å²) in [5.41, 5.74) is 5.49. The molecule has 2 rings (SSSR count). The molecular weight excluding hydrogens is 176 g/mol. The Kier molecular flexibility index (Phi) is 1.54. The molecule has 1 unspecified atom stereocenters. The largest absolute Gasteiger partial charge is 0.385 e. The summed E-state index contributed by atoms with van der Waals surface area (Å²) < 4.78 is 0. The molecule has 2 amide bonds.